The molecule has 9 heteroatoms. The summed E-state index contributed by atoms with van der Waals surface area (Å²) in [7, 11) is 0. The van der Waals surface area contributed by atoms with Crippen LogP contribution in [-0.2, 0) is 0 Å². The van der Waals surface area contributed by atoms with E-state index in [2.05, 4.69) is 25.8 Å². The lowest BCUT2D eigenvalue weighted by Gasteiger charge is -2.09. The van der Waals surface area contributed by atoms with Crippen LogP contribution < -0.4 is 16.5 Å². The van der Waals surface area contributed by atoms with Gasteiger partial charge in [-0.15, -0.1) is 0 Å². The second-order valence-electron chi connectivity index (χ2n) is 5.44. The summed E-state index contributed by atoms with van der Waals surface area (Å²) in [6.07, 6.45) is 6.74. The Morgan fingerprint density at radius 2 is 2.11 bits per heavy atom. The largest absolute Gasteiger partial charge is 0.404 e. The van der Waals surface area contributed by atoms with Crippen molar-refractivity contribution in [2.45, 2.75) is 6.42 Å². The van der Waals surface area contributed by atoms with Crippen LogP contribution in [-0.4, -0.2) is 36.1 Å². The van der Waals surface area contributed by atoms with Crippen molar-refractivity contribution >= 4 is 36.1 Å². The second kappa shape index (κ2) is 11.0. The highest BCUT2D eigenvalue weighted by Crippen LogP contribution is 2.15. The van der Waals surface area contributed by atoms with E-state index in [0.717, 1.165) is 12.4 Å². The fourth-order valence-corrected chi connectivity index (χ4v) is 2.12. The van der Waals surface area contributed by atoms with E-state index in [1.54, 1.807) is 24.3 Å². The normalized spacial score (nSPS) is 11.7. The van der Waals surface area contributed by atoms with E-state index >= 15 is 0 Å². The molecule has 1 amide bonds. The highest BCUT2D eigenvalue weighted by Gasteiger charge is 2.10. The quantitative estimate of drug-likeness (QED) is 0.393. The molecule has 2 rings (SSSR count). The topological polar surface area (TPSA) is 129 Å². The number of pyridine rings is 1. The number of carbonyl (C=O) groups is 1. The molecule has 28 heavy (non-hydrogen) atoms. The molecular formula is C19H20FN7O. The molecule has 5 N–H and O–H groups in total. The standard InChI is InChI=1S/C19H20FN7O/c20-15-5-6-18(25-13-15)24-12-14(11-22)7-9-23-19(28)16-3-1-2-4-17(16)27-26-10-8-21/h1-6,8,10-13,21,27H,7,9,22H2,(H,23,28)/b14-11?,21-8?,24-12?,26-10-. The average molecular weight is 381 g/mol. The van der Waals surface area contributed by atoms with Crippen molar-refractivity contribution in [3.05, 3.63) is 65.7 Å². The van der Waals surface area contributed by atoms with Gasteiger partial charge in [0.15, 0.2) is 5.82 Å². The zero-order valence-electron chi connectivity index (χ0n) is 15.0. The lowest BCUT2D eigenvalue weighted by Crippen LogP contribution is -2.25. The Balaban J connectivity index is 1.91. The molecular weight excluding hydrogens is 361 g/mol. The number of nitrogens with zero attached hydrogens (tertiary/aromatic N) is 3. The third kappa shape index (κ3) is 6.45. The van der Waals surface area contributed by atoms with Gasteiger partial charge in [-0.05, 0) is 42.5 Å². The molecule has 0 atom stereocenters. The van der Waals surface area contributed by atoms with E-state index in [-0.39, 0.29) is 5.91 Å². The summed E-state index contributed by atoms with van der Waals surface area (Å²) in [5.41, 5.74) is 9.95. The number of benzene rings is 1. The maximum atomic E-state index is 12.8. The number of aromatic nitrogens is 1. The van der Waals surface area contributed by atoms with Gasteiger partial charge in [0.05, 0.1) is 23.7 Å². The summed E-state index contributed by atoms with van der Waals surface area (Å²) in [6.45, 7) is 0.336. The molecule has 0 radical (unpaired) electrons. The lowest BCUT2D eigenvalue weighted by atomic mass is 10.1. The Morgan fingerprint density at radius 1 is 1.29 bits per heavy atom. The number of hydrazone groups is 1. The van der Waals surface area contributed by atoms with Crippen molar-refractivity contribution in [1.29, 1.82) is 5.41 Å². The van der Waals surface area contributed by atoms with Gasteiger partial charge >= 0.3 is 0 Å². The Kier molecular flexibility index (Phi) is 8.00. The van der Waals surface area contributed by atoms with Crippen molar-refractivity contribution in [3.63, 3.8) is 0 Å². The fraction of sp³-hybridized carbons (Fsp3) is 0.105. The van der Waals surface area contributed by atoms with Crippen molar-refractivity contribution in [2.24, 2.45) is 15.8 Å². The smallest absolute Gasteiger partial charge is 0.253 e. The number of nitrogens with one attached hydrogen (secondary N) is 3. The number of rotatable bonds is 9. The molecule has 0 unspecified atom stereocenters. The monoisotopic (exact) mass is 381 g/mol. The minimum absolute atomic E-state index is 0.276. The van der Waals surface area contributed by atoms with Crippen LogP contribution in [0.5, 0.6) is 0 Å². The van der Waals surface area contributed by atoms with Crippen LogP contribution in [0.25, 0.3) is 0 Å². The number of carbonyl (C=O) groups excluding carboxylic acids is 1. The van der Waals surface area contributed by atoms with Gasteiger partial charge < -0.3 is 16.5 Å². The van der Waals surface area contributed by atoms with Crippen molar-refractivity contribution in [2.75, 3.05) is 12.0 Å². The van der Waals surface area contributed by atoms with Crippen LogP contribution in [0.1, 0.15) is 16.8 Å². The molecule has 144 valence electrons. The highest BCUT2D eigenvalue weighted by atomic mass is 19.1. The van der Waals surface area contributed by atoms with Crippen LogP contribution >= 0.6 is 0 Å². The first-order valence-electron chi connectivity index (χ1n) is 8.36. The number of nitrogens with two attached hydrogens (primary N) is 1. The predicted octanol–water partition coefficient (Wildman–Crippen LogP) is 2.63. The van der Waals surface area contributed by atoms with Gasteiger partial charge in [-0.3, -0.25) is 10.2 Å². The average Bonchev–Trinajstić information content (AvgIpc) is 2.72. The van der Waals surface area contributed by atoms with E-state index in [9.17, 15) is 9.18 Å². The van der Waals surface area contributed by atoms with Crippen LogP contribution in [0.4, 0.5) is 15.9 Å². The van der Waals surface area contributed by atoms with E-state index < -0.39 is 5.82 Å². The predicted molar refractivity (Wildman–Crippen MR) is 109 cm³/mol. The summed E-state index contributed by atoms with van der Waals surface area (Å²) in [4.78, 5) is 20.4. The molecule has 0 saturated carbocycles. The fourth-order valence-electron chi connectivity index (χ4n) is 2.12. The Labute approximate surface area is 161 Å². The Hall–Kier alpha value is -3.88. The Morgan fingerprint density at radius 3 is 2.82 bits per heavy atom. The maximum Gasteiger partial charge on any atom is 0.253 e. The Bertz CT molecular complexity index is 891. The third-order valence-electron chi connectivity index (χ3n) is 3.49. The third-order valence-corrected chi connectivity index (χ3v) is 3.49. The second-order valence-corrected chi connectivity index (χ2v) is 5.44. The van der Waals surface area contributed by atoms with E-state index in [0.29, 0.717) is 35.6 Å². The first-order chi connectivity index (χ1) is 13.6. The molecule has 0 bridgehead atoms. The molecule has 2 aromatic rings. The van der Waals surface area contributed by atoms with Gasteiger partial charge in [-0.1, -0.05) is 12.1 Å². The van der Waals surface area contributed by atoms with Gasteiger partial charge in [0, 0.05) is 19.0 Å². The van der Waals surface area contributed by atoms with Gasteiger partial charge in [0.1, 0.15) is 5.82 Å². The molecule has 1 heterocycles. The minimum atomic E-state index is -0.436. The van der Waals surface area contributed by atoms with Crippen molar-refractivity contribution in [1.82, 2.24) is 10.3 Å². The zero-order chi connectivity index (χ0) is 20.2. The van der Waals surface area contributed by atoms with E-state index in [4.69, 9.17) is 11.1 Å². The van der Waals surface area contributed by atoms with Crippen LogP contribution in [0.15, 0.2) is 64.5 Å². The van der Waals surface area contributed by atoms with Crippen LogP contribution in [0.2, 0.25) is 0 Å². The summed E-state index contributed by atoms with van der Waals surface area (Å²) >= 11 is 0. The molecule has 0 saturated heterocycles. The number of para-hydroxylation sites is 1. The van der Waals surface area contributed by atoms with E-state index in [1.165, 1.54) is 30.8 Å². The highest BCUT2D eigenvalue weighted by molar-refractivity contribution is 6.14. The first kappa shape index (κ1) is 20.4. The summed E-state index contributed by atoms with van der Waals surface area (Å²) < 4.78 is 12.8. The zero-order valence-corrected chi connectivity index (χ0v) is 15.0. The van der Waals surface area contributed by atoms with Gasteiger partial charge in [0.25, 0.3) is 5.91 Å². The van der Waals surface area contributed by atoms with E-state index in [1.807, 2.05) is 0 Å². The molecule has 0 aliphatic carbocycles. The SMILES string of the molecule is N=C/C=N\Nc1ccccc1C(=O)NCCC(C=Nc1ccc(F)cn1)=CN. The number of amides is 1. The molecule has 0 aliphatic rings. The van der Waals surface area contributed by atoms with Gasteiger partial charge in [-0.25, -0.2) is 14.4 Å². The van der Waals surface area contributed by atoms with Crippen molar-refractivity contribution in [3.8, 4) is 0 Å². The van der Waals surface area contributed by atoms with Crippen molar-refractivity contribution < 1.29 is 9.18 Å². The maximum absolute atomic E-state index is 12.8. The number of hydrogen-bond donors (Lipinski definition) is 4. The molecule has 0 aliphatic heterocycles. The number of aliphatic imine (C=N–C) groups is 1. The summed E-state index contributed by atoms with van der Waals surface area (Å²) in [6, 6.07) is 9.61. The van der Waals surface area contributed by atoms with Gasteiger partial charge in [0.2, 0.25) is 0 Å². The lowest BCUT2D eigenvalue weighted by molar-refractivity contribution is 0.0955. The van der Waals surface area contributed by atoms with Gasteiger partial charge in [-0.2, -0.15) is 5.10 Å². The van der Waals surface area contributed by atoms with Crippen LogP contribution in [0.3, 0.4) is 0 Å². The molecule has 8 nitrogen and oxygen atoms in total. The number of hydrogen-bond acceptors (Lipinski definition) is 7. The van der Waals surface area contributed by atoms with Crippen LogP contribution in [0, 0.1) is 11.2 Å². The molecule has 0 fully saturated rings. The molecule has 1 aromatic carbocycles. The molecule has 1 aromatic heterocycles. The minimum Gasteiger partial charge on any atom is -0.404 e. The number of halogens is 1. The first-order valence-corrected chi connectivity index (χ1v) is 8.36. The molecule has 0 spiro atoms. The number of anilines is 1. The summed E-state index contributed by atoms with van der Waals surface area (Å²) in [5, 5.41) is 13.5. The summed E-state index contributed by atoms with van der Waals surface area (Å²) in [5.74, 6) is -0.355.